The molecule has 14 heteroatoms. The number of hydrogen-bond acceptors (Lipinski definition) is 13. The molecule has 2 aliphatic heterocycles. The molecule has 0 aliphatic carbocycles. The predicted octanol–water partition coefficient (Wildman–Crippen LogP) is 2.81. The molecule has 0 saturated carbocycles. The van der Waals surface area contributed by atoms with Gasteiger partial charge in [-0.1, -0.05) is 102 Å². The SMILES string of the molecule is CCCCC/C=C\C/C=C\CCCCCCCC(=O)NC(COC1OC(CO)C(OC2OC(CO)C(O)C(O)C2O)C(O)C1O)C(O)/C=C/CCCCCC. The van der Waals surface area contributed by atoms with Crippen molar-refractivity contribution in [1.82, 2.24) is 5.32 Å². The predicted molar refractivity (Wildman–Crippen MR) is 208 cm³/mol. The molecule has 320 valence electrons. The number of rotatable bonds is 29. The fraction of sp³-hybridized carbons (Fsp3) is 0.829. The van der Waals surface area contributed by atoms with Gasteiger partial charge < -0.3 is 65.1 Å². The van der Waals surface area contributed by atoms with Crippen LogP contribution in [0.25, 0.3) is 0 Å². The number of amides is 1. The summed E-state index contributed by atoms with van der Waals surface area (Å²) in [6.45, 7) is 2.61. The molecule has 2 heterocycles. The van der Waals surface area contributed by atoms with Gasteiger partial charge in [-0.05, 0) is 51.4 Å². The molecule has 0 spiro atoms. The molecule has 12 unspecified atom stereocenters. The van der Waals surface area contributed by atoms with Gasteiger partial charge >= 0.3 is 0 Å². The number of aliphatic hydroxyl groups is 8. The fourth-order valence-electron chi connectivity index (χ4n) is 6.55. The number of nitrogens with one attached hydrogen (secondary N) is 1. The van der Waals surface area contributed by atoms with E-state index in [9.17, 15) is 45.6 Å². The molecule has 1 amide bonds. The van der Waals surface area contributed by atoms with Gasteiger partial charge in [-0.25, -0.2) is 0 Å². The first-order valence-corrected chi connectivity index (χ1v) is 20.7. The molecule has 0 bridgehead atoms. The van der Waals surface area contributed by atoms with Gasteiger partial charge in [0.15, 0.2) is 12.6 Å². The van der Waals surface area contributed by atoms with E-state index in [4.69, 9.17) is 18.9 Å². The van der Waals surface area contributed by atoms with Crippen LogP contribution in [0.4, 0.5) is 0 Å². The zero-order valence-corrected chi connectivity index (χ0v) is 33.2. The first-order valence-electron chi connectivity index (χ1n) is 20.7. The number of carbonyl (C=O) groups excluding carboxylic acids is 1. The highest BCUT2D eigenvalue weighted by Gasteiger charge is 2.50. The molecule has 2 saturated heterocycles. The lowest BCUT2D eigenvalue weighted by Crippen LogP contribution is -2.65. The Hall–Kier alpha value is -1.79. The van der Waals surface area contributed by atoms with Crippen LogP contribution in [0.3, 0.4) is 0 Å². The Labute approximate surface area is 328 Å². The Morgan fingerprint density at radius 3 is 1.85 bits per heavy atom. The monoisotopic (exact) mass is 788 g/mol. The number of allylic oxidation sites excluding steroid dienone is 5. The molecule has 55 heavy (non-hydrogen) atoms. The summed E-state index contributed by atoms with van der Waals surface area (Å²) < 4.78 is 22.5. The second-order valence-corrected chi connectivity index (χ2v) is 14.8. The maximum Gasteiger partial charge on any atom is 0.220 e. The summed E-state index contributed by atoms with van der Waals surface area (Å²) in [7, 11) is 0. The molecule has 2 rings (SSSR count). The summed E-state index contributed by atoms with van der Waals surface area (Å²) in [5.41, 5.74) is 0. The Morgan fingerprint density at radius 2 is 1.20 bits per heavy atom. The van der Waals surface area contributed by atoms with Crippen LogP contribution in [-0.2, 0) is 23.7 Å². The lowest BCUT2D eigenvalue weighted by atomic mass is 9.97. The summed E-state index contributed by atoms with van der Waals surface area (Å²) in [5, 5.41) is 85.9. The Kier molecular flexibility index (Phi) is 26.4. The summed E-state index contributed by atoms with van der Waals surface area (Å²) >= 11 is 0. The molecule has 0 aromatic carbocycles. The lowest BCUT2D eigenvalue weighted by Gasteiger charge is -2.46. The average molecular weight is 788 g/mol. The maximum absolute atomic E-state index is 13.0. The highest BCUT2D eigenvalue weighted by atomic mass is 16.7. The van der Waals surface area contributed by atoms with E-state index in [2.05, 4.69) is 43.5 Å². The summed E-state index contributed by atoms with van der Waals surface area (Å²) in [6.07, 6.45) is 12.4. The highest BCUT2D eigenvalue weighted by Crippen LogP contribution is 2.29. The quantitative estimate of drug-likeness (QED) is 0.0393. The van der Waals surface area contributed by atoms with Crippen molar-refractivity contribution in [3.63, 3.8) is 0 Å². The van der Waals surface area contributed by atoms with Gasteiger partial charge in [-0.3, -0.25) is 4.79 Å². The van der Waals surface area contributed by atoms with Crippen molar-refractivity contribution < 1.29 is 64.6 Å². The first-order chi connectivity index (χ1) is 26.6. The van der Waals surface area contributed by atoms with E-state index >= 15 is 0 Å². The van der Waals surface area contributed by atoms with Crippen LogP contribution in [0.15, 0.2) is 36.5 Å². The number of carbonyl (C=O) groups is 1. The largest absolute Gasteiger partial charge is 0.394 e. The average Bonchev–Trinajstić information content (AvgIpc) is 3.18. The van der Waals surface area contributed by atoms with Crippen LogP contribution in [-0.4, -0.2) is 140 Å². The van der Waals surface area contributed by atoms with Crippen LogP contribution in [0, 0.1) is 0 Å². The molecule has 2 aliphatic rings. The van der Waals surface area contributed by atoms with E-state index in [1.54, 1.807) is 6.08 Å². The van der Waals surface area contributed by atoms with Gasteiger partial charge in [0.1, 0.15) is 48.8 Å². The van der Waals surface area contributed by atoms with Gasteiger partial charge in [0.25, 0.3) is 0 Å². The van der Waals surface area contributed by atoms with Gasteiger partial charge in [0.2, 0.25) is 5.91 Å². The van der Waals surface area contributed by atoms with Crippen LogP contribution >= 0.6 is 0 Å². The molecule has 0 aromatic heterocycles. The van der Waals surface area contributed by atoms with E-state index in [1.165, 1.54) is 19.3 Å². The van der Waals surface area contributed by atoms with Gasteiger partial charge in [-0.2, -0.15) is 0 Å². The third kappa shape index (κ3) is 18.6. The molecular weight excluding hydrogens is 714 g/mol. The van der Waals surface area contributed by atoms with Gasteiger partial charge in [-0.15, -0.1) is 0 Å². The van der Waals surface area contributed by atoms with Crippen molar-refractivity contribution in [2.75, 3.05) is 19.8 Å². The lowest BCUT2D eigenvalue weighted by molar-refractivity contribution is -0.359. The maximum atomic E-state index is 13.0. The van der Waals surface area contributed by atoms with E-state index in [1.807, 2.05) is 6.08 Å². The van der Waals surface area contributed by atoms with Crippen molar-refractivity contribution in [3.8, 4) is 0 Å². The summed E-state index contributed by atoms with van der Waals surface area (Å²) in [4.78, 5) is 13.0. The number of hydrogen-bond donors (Lipinski definition) is 9. The molecule has 14 nitrogen and oxygen atoms in total. The van der Waals surface area contributed by atoms with Gasteiger partial charge in [0, 0.05) is 6.42 Å². The van der Waals surface area contributed by atoms with E-state index in [0.29, 0.717) is 6.42 Å². The third-order valence-corrected chi connectivity index (χ3v) is 10.1. The molecule has 9 N–H and O–H groups in total. The van der Waals surface area contributed by atoms with E-state index in [-0.39, 0.29) is 18.9 Å². The minimum Gasteiger partial charge on any atom is -0.394 e. The van der Waals surface area contributed by atoms with Crippen LogP contribution in [0.2, 0.25) is 0 Å². The standard InChI is InChI=1S/C41H73NO13/c1-3-5-7-9-11-12-13-14-15-16-17-18-19-21-23-25-33(46)42-29(30(45)24-22-20-10-8-6-4-2)28-52-40-38(51)36(49)39(32(27-44)54-40)55-41-37(50)35(48)34(47)31(26-43)53-41/h11-12,14-15,22,24,29-32,34-41,43-45,47-51H,3-10,13,16-21,23,25-28H2,1-2H3,(H,42,46)/b12-11-,15-14-,24-22+. The fourth-order valence-corrected chi connectivity index (χ4v) is 6.55. The Morgan fingerprint density at radius 1 is 0.655 bits per heavy atom. The van der Waals surface area contributed by atoms with Crippen LogP contribution < -0.4 is 5.32 Å². The summed E-state index contributed by atoms with van der Waals surface area (Å²) in [5.74, 6) is -0.263. The molecular formula is C41H73NO13. The normalized spacial score (nSPS) is 30.1. The van der Waals surface area contributed by atoms with E-state index < -0.39 is 86.8 Å². The summed E-state index contributed by atoms with van der Waals surface area (Å²) in [6, 6.07) is -0.916. The van der Waals surface area contributed by atoms with Crippen molar-refractivity contribution in [1.29, 1.82) is 0 Å². The Bertz CT molecular complexity index is 1070. The molecule has 0 aromatic rings. The number of ether oxygens (including phenoxy) is 4. The first kappa shape index (κ1) is 49.4. The van der Waals surface area contributed by atoms with Gasteiger partial charge in [0.05, 0.1) is 32.0 Å². The van der Waals surface area contributed by atoms with Crippen molar-refractivity contribution in [3.05, 3.63) is 36.5 Å². The molecule has 12 atom stereocenters. The van der Waals surface area contributed by atoms with E-state index in [0.717, 1.165) is 77.0 Å². The van der Waals surface area contributed by atoms with Crippen molar-refractivity contribution in [2.24, 2.45) is 0 Å². The zero-order valence-electron chi connectivity index (χ0n) is 33.2. The Balaban J connectivity index is 1.89. The topological polar surface area (TPSA) is 228 Å². The third-order valence-electron chi connectivity index (χ3n) is 10.1. The smallest absolute Gasteiger partial charge is 0.220 e. The van der Waals surface area contributed by atoms with Crippen molar-refractivity contribution >= 4 is 5.91 Å². The molecule has 2 fully saturated rings. The second-order valence-electron chi connectivity index (χ2n) is 14.8. The molecule has 0 radical (unpaired) electrons. The number of unbranched alkanes of at least 4 members (excludes halogenated alkanes) is 12. The number of aliphatic hydroxyl groups excluding tert-OH is 8. The second kappa shape index (κ2) is 29.4. The highest BCUT2D eigenvalue weighted by molar-refractivity contribution is 5.76. The van der Waals surface area contributed by atoms with Crippen molar-refractivity contribution in [2.45, 2.75) is 197 Å². The zero-order chi connectivity index (χ0) is 40.4. The minimum atomic E-state index is -1.79. The van der Waals surface area contributed by atoms with Crippen LogP contribution in [0.5, 0.6) is 0 Å². The minimum absolute atomic E-state index is 0.263. The van der Waals surface area contributed by atoms with Crippen LogP contribution in [0.1, 0.15) is 123 Å².